The number of rotatable bonds is 9. The van der Waals surface area contributed by atoms with Crippen molar-refractivity contribution >= 4 is 46.7 Å². The summed E-state index contributed by atoms with van der Waals surface area (Å²) in [6.07, 6.45) is 5.04. The first-order chi connectivity index (χ1) is 22.4. The molecule has 0 aromatic heterocycles. The van der Waals surface area contributed by atoms with E-state index in [9.17, 15) is 14.4 Å². The second-order valence-corrected chi connectivity index (χ2v) is 12.9. The van der Waals surface area contributed by atoms with Gasteiger partial charge >= 0.3 is 6.03 Å². The van der Waals surface area contributed by atoms with Gasteiger partial charge in [0.25, 0.3) is 5.91 Å². The second kappa shape index (κ2) is 14.4. The number of benzodiazepines with no additional fused rings is 1. The second-order valence-electron chi connectivity index (χ2n) is 12.0. The van der Waals surface area contributed by atoms with Gasteiger partial charge in [-0.1, -0.05) is 36.4 Å². The van der Waals surface area contributed by atoms with Gasteiger partial charge in [0.1, 0.15) is 18.1 Å². The fourth-order valence-electron chi connectivity index (χ4n) is 6.49. The van der Waals surface area contributed by atoms with Gasteiger partial charge in [-0.2, -0.15) is 11.8 Å². The molecule has 1 aliphatic carbocycles. The van der Waals surface area contributed by atoms with Crippen molar-refractivity contribution in [2.45, 2.75) is 31.8 Å². The molecule has 3 aromatic rings. The van der Waals surface area contributed by atoms with Gasteiger partial charge in [-0.15, -0.1) is 0 Å². The maximum atomic E-state index is 15.2. The minimum atomic E-state index is -1.43. The number of benzene rings is 3. The molecule has 3 heterocycles. The van der Waals surface area contributed by atoms with Crippen LogP contribution < -0.4 is 20.3 Å². The molecular weight excluding hydrogens is 605 g/mol. The Balaban J connectivity index is 1.30. The van der Waals surface area contributed by atoms with Gasteiger partial charge in [-0.25, -0.2) is 14.2 Å². The Morgan fingerprint density at radius 2 is 1.65 bits per heavy atom. The first-order valence-corrected chi connectivity index (χ1v) is 17.1. The highest BCUT2D eigenvalue weighted by atomic mass is 32.2. The smallest absolute Gasteiger partial charge is 0.321 e. The number of halogens is 1. The number of ether oxygens (including phenoxy) is 1. The van der Waals surface area contributed by atoms with Crippen LogP contribution in [0.15, 0.2) is 77.8 Å². The molecule has 2 N–H and O–H groups in total. The van der Waals surface area contributed by atoms with E-state index in [1.165, 1.54) is 11.0 Å². The average Bonchev–Trinajstić information content (AvgIpc) is 3.44. The van der Waals surface area contributed by atoms with Crippen LogP contribution in [0.1, 0.15) is 36.8 Å². The van der Waals surface area contributed by atoms with Crippen molar-refractivity contribution in [3.8, 4) is 5.75 Å². The maximum Gasteiger partial charge on any atom is 0.321 e. The van der Waals surface area contributed by atoms with E-state index in [0.29, 0.717) is 54.2 Å². The summed E-state index contributed by atoms with van der Waals surface area (Å²) in [5.74, 6) is 1.10. The Kier molecular flexibility index (Phi) is 9.87. The van der Waals surface area contributed by atoms with E-state index in [1.807, 2.05) is 11.2 Å². The zero-order valence-corrected chi connectivity index (χ0v) is 26.6. The summed E-state index contributed by atoms with van der Waals surface area (Å²) >= 11 is 1.67. The molecule has 2 saturated heterocycles. The maximum absolute atomic E-state index is 15.2. The van der Waals surface area contributed by atoms with Crippen LogP contribution in [-0.2, 0) is 9.59 Å². The fraction of sp³-hybridized carbons (Fsp3) is 0.371. The van der Waals surface area contributed by atoms with Gasteiger partial charge in [0.2, 0.25) is 12.1 Å². The zero-order chi connectivity index (χ0) is 32.0. The number of carbonyl (C=O) groups is 3. The SMILES string of the molecule is CSCCOc1cccc(NC(=O)NC2N=C(c3ccccc3F)c3ccccc3N(CC(=O)N3CC4CCC(CC4)C3)C2=O)c1. The summed E-state index contributed by atoms with van der Waals surface area (Å²) in [5, 5.41) is 5.43. The molecule has 46 heavy (non-hydrogen) atoms. The lowest BCUT2D eigenvalue weighted by molar-refractivity contribution is -0.132. The Labute approximate surface area is 272 Å². The normalized spacial score (nSPS) is 20.7. The van der Waals surface area contributed by atoms with E-state index in [2.05, 4.69) is 15.6 Å². The number of fused-ring (bicyclic) bond motifs is 5. The van der Waals surface area contributed by atoms with Crippen LogP contribution >= 0.6 is 11.8 Å². The number of thioether (sulfide) groups is 1. The molecule has 1 atom stereocenters. The molecule has 0 spiro atoms. The molecule has 3 aliphatic heterocycles. The molecule has 3 aromatic carbocycles. The third kappa shape index (κ3) is 7.20. The molecule has 4 amide bonds. The third-order valence-electron chi connectivity index (χ3n) is 8.82. The number of anilines is 2. The molecule has 3 fully saturated rings. The molecule has 2 bridgehead atoms. The highest BCUT2D eigenvalue weighted by Gasteiger charge is 2.37. The Hall–Kier alpha value is -4.38. The number of hydrogen-bond acceptors (Lipinski definition) is 6. The Bertz CT molecular complexity index is 1610. The lowest BCUT2D eigenvalue weighted by Gasteiger charge is -2.29. The number of hydrogen-bond donors (Lipinski definition) is 2. The number of urea groups is 1. The van der Waals surface area contributed by atoms with Crippen molar-refractivity contribution < 1.29 is 23.5 Å². The van der Waals surface area contributed by atoms with E-state index in [-0.39, 0.29) is 23.7 Å². The molecule has 7 rings (SSSR count). The highest BCUT2D eigenvalue weighted by Crippen LogP contribution is 2.34. The number of amides is 4. The number of carbonyl (C=O) groups excluding carboxylic acids is 3. The molecule has 1 unspecified atom stereocenters. The van der Waals surface area contributed by atoms with Gasteiger partial charge in [-0.3, -0.25) is 14.5 Å². The molecule has 0 radical (unpaired) electrons. The molecular formula is C35H38FN5O4S. The van der Waals surface area contributed by atoms with E-state index in [0.717, 1.165) is 31.4 Å². The quantitative estimate of drug-likeness (QED) is 0.298. The van der Waals surface area contributed by atoms with Crippen LogP contribution in [0.4, 0.5) is 20.6 Å². The van der Waals surface area contributed by atoms with Crippen LogP contribution in [0.3, 0.4) is 0 Å². The highest BCUT2D eigenvalue weighted by molar-refractivity contribution is 7.98. The summed E-state index contributed by atoms with van der Waals surface area (Å²) in [6.45, 7) is 1.67. The number of aliphatic imine (C=N–C) groups is 1. The minimum absolute atomic E-state index is 0.155. The fourth-order valence-corrected chi connectivity index (χ4v) is 6.74. The van der Waals surface area contributed by atoms with Crippen molar-refractivity contribution in [2.24, 2.45) is 16.8 Å². The monoisotopic (exact) mass is 643 g/mol. The van der Waals surface area contributed by atoms with E-state index in [1.54, 1.807) is 78.5 Å². The standard InChI is InChI=1S/C35H38FN5O4S/c1-46-18-17-45-26-8-6-7-25(19-26)37-35(44)39-33-34(43)41(22-31(42)40-20-23-13-14-24(21-40)16-15-23)30-12-5-3-10-28(30)32(38-33)27-9-2-4-11-29(27)36/h2-12,19,23-24,33H,13-18,20-22H2,1H3,(H2,37,39,44). The Morgan fingerprint density at radius 3 is 2.37 bits per heavy atom. The number of para-hydroxylation sites is 1. The average molecular weight is 644 g/mol. The lowest BCUT2D eigenvalue weighted by atomic mass is 9.84. The van der Waals surface area contributed by atoms with Gasteiger partial charge in [0.05, 0.1) is 18.0 Å². The largest absolute Gasteiger partial charge is 0.493 e. The molecule has 9 nitrogen and oxygen atoms in total. The van der Waals surface area contributed by atoms with Crippen molar-refractivity contribution in [2.75, 3.05) is 48.5 Å². The summed E-state index contributed by atoms with van der Waals surface area (Å²) in [4.78, 5) is 49.4. The number of nitrogens with zero attached hydrogens (tertiary/aromatic N) is 3. The van der Waals surface area contributed by atoms with E-state index >= 15 is 4.39 Å². The van der Waals surface area contributed by atoms with Gasteiger partial charge in [-0.05, 0) is 74.1 Å². The first kappa shape index (κ1) is 31.6. The molecule has 240 valence electrons. The van der Waals surface area contributed by atoms with E-state index in [4.69, 9.17) is 4.74 Å². The number of nitrogens with one attached hydrogen (secondary N) is 2. The predicted molar refractivity (Wildman–Crippen MR) is 179 cm³/mol. The summed E-state index contributed by atoms with van der Waals surface area (Å²) in [5.41, 5.74) is 1.77. The molecule has 4 aliphatic rings. The van der Waals surface area contributed by atoms with Crippen LogP contribution in [0.5, 0.6) is 5.75 Å². The minimum Gasteiger partial charge on any atom is -0.493 e. The van der Waals surface area contributed by atoms with Crippen molar-refractivity contribution in [3.63, 3.8) is 0 Å². The van der Waals surface area contributed by atoms with Crippen molar-refractivity contribution in [1.82, 2.24) is 10.2 Å². The van der Waals surface area contributed by atoms with Crippen molar-refractivity contribution in [1.29, 1.82) is 0 Å². The van der Waals surface area contributed by atoms with Crippen LogP contribution in [0.25, 0.3) is 0 Å². The zero-order valence-electron chi connectivity index (χ0n) is 25.8. The first-order valence-electron chi connectivity index (χ1n) is 15.7. The van der Waals surface area contributed by atoms with Gasteiger partial charge < -0.3 is 20.3 Å². The summed E-state index contributed by atoms with van der Waals surface area (Å²) < 4.78 is 21.0. The topological polar surface area (TPSA) is 103 Å². The van der Waals surface area contributed by atoms with Gasteiger partial charge in [0, 0.05) is 41.7 Å². The van der Waals surface area contributed by atoms with Crippen LogP contribution in [0.2, 0.25) is 0 Å². The van der Waals surface area contributed by atoms with Gasteiger partial charge in [0.15, 0.2) is 0 Å². The van der Waals surface area contributed by atoms with E-state index < -0.39 is 23.9 Å². The molecule has 11 heteroatoms. The Morgan fingerprint density at radius 1 is 0.957 bits per heavy atom. The van der Waals surface area contributed by atoms with Crippen molar-refractivity contribution in [3.05, 3.63) is 89.7 Å². The van der Waals surface area contributed by atoms with Crippen LogP contribution in [-0.4, -0.2) is 72.9 Å². The lowest BCUT2D eigenvalue weighted by Crippen LogP contribution is -2.51. The molecule has 1 saturated carbocycles. The van der Waals surface area contributed by atoms with Crippen LogP contribution in [0, 0.1) is 17.7 Å². The summed E-state index contributed by atoms with van der Waals surface area (Å²) in [7, 11) is 0. The summed E-state index contributed by atoms with van der Waals surface area (Å²) in [6, 6.07) is 19.5. The third-order valence-corrected chi connectivity index (χ3v) is 9.40. The predicted octanol–water partition coefficient (Wildman–Crippen LogP) is 5.55.